The van der Waals surface area contributed by atoms with Gasteiger partial charge in [0.25, 0.3) is 10.0 Å². The Hall–Kier alpha value is -3.43. The van der Waals surface area contributed by atoms with Crippen molar-refractivity contribution in [1.82, 2.24) is 10.2 Å². The molecular weight excluding hydrogens is 565 g/mol. The molecule has 0 aromatic heterocycles. The van der Waals surface area contributed by atoms with Crippen LogP contribution in [0.15, 0.2) is 71.6 Å². The van der Waals surface area contributed by atoms with Crippen LogP contribution in [0.1, 0.15) is 49.8 Å². The minimum absolute atomic E-state index is 0.00804. The summed E-state index contributed by atoms with van der Waals surface area (Å²) in [5.41, 5.74) is 2.46. The lowest BCUT2D eigenvalue weighted by molar-refractivity contribution is -0.140. The van der Waals surface area contributed by atoms with E-state index in [0.717, 1.165) is 28.3 Å². The maximum Gasteiger partial charge on any atom is 0.264 e. The average Bonchev–Trinajstić information content (AvgIpc) is 2.94. The lowest BCUT2D eigenvalue weighted by atomic mass is 10.1. The molecule has 1 N–H and O–H groups in total. The average molecular weight is 602 g/mol. The van der Waals surface area contributed by atoms with Crippen LogP contribution in [-0.2, 0) is 26.2 Å². The number of rotatable bonds is 13. The summed E-state index contributed by atoms with van der Waals surface area (Å²) in [6.45, 7) is 7.32. The fraction of sp³-hybridized carbons (Fsp3) is 0.355. The maximum atomic E-state index is 14.0. The third kappa shape index (κ3) is 8.30. The summed E-state index contributed by atoms with van der Waals surface area (Å²) in [4.78, 5) is 28.6. The Balaban J connectivity index is 2.05. The molecule has 0 saturated heterocycles. The van der Waals surface area contributed by atoms with Crippen molar-refractivity contribution in [3.8, 4) is 0 Å². The van der Waals surface area contributed by atoms with Crippen LogP contribution >= 0.6 is 11.6 Å². The summed E-state index contributed by atoms with van der Waals surface area (Å²) < 4.78 is 42.5. The van der Waals surface area contributed by atoms with Crippen molar-refractivity contribution in [2.75, 3.05) is 17.4 Å². The van der Waals surface area contributed by atoms with Gasteiger partial charge in [0.1, 0.15) is 18.4 Å². The lowest BCUT2D eigenvalue weighted by Crippen LogP contribution is -2.52. The SMILES string of the molecule is CCCCNC(=O)[C@H](CC)N(Cc1ccc(F)cc1)C(=O)CN(c1ccc(C)c(Cl)c1)S(=O)(=O)c1ccc(C)cc1. The van der Waals surface area contributed by atoms with Crippen LogP contribution in [0, 0.1) is 19.7 Å². The number of hydrogen-bond donors (Lipinski definition) is 1. The fourth-order valence-electron chi connectivity index (χ4n) is 4.32. The molecule has 3 rings (SSSR count). The Morgan fingerprint density at radius 2 is 1.63 bits per heavy atom. The van der Waals surface area contributed by atoms with Gasteiger partial charge in [0, 0.05) is 18.1 Å². The van der Waals surface area contributed by atoms with Crippen LogP contribution in [-0.4, -0.2) is 44.3 Å². The van der Waals surface area contributed by atoms with Gasteiger partial charge in [-0.15, -0.1) is 0 Å². The Morgan fingerprint density at radius 3 is 2.22 bits per heavy atom. The van der Waals surface area contributed by atoms with E-state index in [1.54, 1.807) is 38.1 Å². The van der Waals surface area contributed by atoms with Crippen LogP contribution in [0.3, 0.4) is 0 Å². The highest BCUT2D eigenvalue weighted by Gasteiger charge is 2.33. The van der Waals surface area contributed by atoms with Crippen molar-refractivity contribution in [1.29, 1.82) is 0 Å². The van der Waals surface area contributed by atoms with Crippen LogP contribution in [0.5, 0.6) is 0 Å². The van der Waals surface area contributed by atoms with Crippen molar-refractivity contribution >= 4 is 39.1 Å². The lowest BCUT2D eigenvalue weighted by Gasteiger charge is -2.33. The number of benzene rings is 3. The van der Waals surface area contributed by atoms with Gasteiger partial charge in [-0.1, -0.05) is 67.8 Å². The summed E-state index contributed by atoms with van der Waals surface area (Å²) in [6.07, 6.45) is 1.97. The Bertz CT molecular complexity index is 1450. The number of hydrogen-bond acceptors (Lipinski definition) is 4. The molecule has 0 saturated carbocycles. The van der Waals surface area contributed by atoms with E-state index in [1.807, 2.05) is 13.8 Å². The van der Waals surface area contributed by atoms with Crippen LogP contribution in [0.4, 0.5) is 10.1 Å². The molecule has 10 heteroatoms. The van der Waals surface area contributed by atoms with Crippen molar-refractivity contribution in [2.45, 2.75) is 64.4 Å². The first-order chi connectivity index (χ1) is 19.5. The molecule has 0 radical (unpaired) electrons. The molecule has 0 spiro atoms. The van der Waals surface area contributed by atoms with E-state index in [1.165, 1.54) is 47.4 Å². The molecule has 0 fully saturated rings. The van der Waals surface area contributed by atoms with Gasteiger partial charge in [-0.2, -0.15) is 0 Å². The number of sulfonamides is 1. The molecule has 3 aromatic carbocycles. The zero-order valence-electron chi connectivity index (χ0n) is 23.9. The highest BCUT2D eigenvalue weighted by Crippen LogP contribution is 2.29. The predicted octanol–water partition coefficient (Wildman–Crippen LogP) is 6.01. The maximum absolute atomic E-state index is 14.0. The molecule has 7 nitrogen and oxygen atoms in total. The summed E-state index contributed by atoms with van der Waals surface area (Å²) >= 11 is 6.37. The molecule has 0 aliphatic carbocycles. The molecule has 0 heterocycles. The van der Waals surface area contributed by atoms with Gasteiger partial charge < -0.3 is 10.2 Å². The van der Waals surface area contributed by atoms with E-state index in [9.17, 15) is 22.4 Å². The Labute approximate surface area is 247 Å². The van der Waals surface area contributed by atoms with Gasteiger partial charge >= 0.3 is 0 Å². The number of amides is 2. The van der Waals surface area contributed by atoms with Crippen molar-refractivity contribution in [2.24, 2.45) is 0 Å². The summed E-state index contributed by atoms with van der Waals surface area (Å²) in [7, 11) is -4.20. The third-order valence-corrected chi connectivity index (χ3v) is 9.01. The predicted molar refractivity (Wildman–Crippen MR) is 161 cm³/mol. The topological polar surface area (TPSA) is 86.8 Å². The monoisotopic (exact) mass is 601 g/mol. The molecular formula is C31H37ClFN3O4S. The molecule has 1 atom stereocenters. The molecule has 0 bridgehead atoms. The smallest absolute Gasteiger partial charge is 0.264 e. The third-order valence-electron chi connectivity index (χ3n) is 6.81. The second kappa shape index (κ2) is 14.5. The van der Waals surface area contributed by atoms with E-state index in [4.69, 9.17) is 11.6 Å². The number of halogens is 2. The largest absolute Gasteiger partial charge is 0.354 e. The zero-order chi connectivity index (χ0) is 30.2. The van der Waals surface area contributed by atoms with Gasteiger partial charge in [0.05, 0.1) is 10.6 Å². The first-order valence-electron chi connectivity index (χ1n) is 13.6. The van der Waals surface area contributed by atoms with E-state index in [-0.39, 0.29) is 23.0 Å². The number of nitrogens with zero attached hydrogens (tertiary/aromatic N) is 2. The van der Waals surface area contributed by atoms with Gasteiger partial charge in [-0.05, 0) is 74.2 Å². The minimum Gasteiger partial charge on any atom is -0.354 e. The van der Waals surface area contributed by atoms with Gasteiger partial charge in [0.15, 0.2) is 0 Å². The Morgan fingerprint density at radius 1 is 0.976 bits per heavy atom. The second-order valence-electron chi connectivity index (χ2n) is 9.97. The van der Waals surface area contributed by atoms with Gasteiger partial charge in [-0.25, -0.2) is 12.8 Å². The number of aryl methyl sites for hydroxylation is 2. The second-order valence-corrected chi connectivity index (χ2v) is 12.2. The molecule has 0 unspecified atom stereocenters. The van der Waals surface area contributed by atoms with Gasteiger partial charge in [0.2, 0.25) is 11.8 Å². The highest BCUT2D eigenvalue weighted by molar-refractivity contribution is 7.92. The molecule has 0 aliphatic heterocycles. The molecule has 220 valence electrons. The number of unbranched alkanes of at least 4 members (excludes halogenated alkanes) is 1. The number of nitrogens with one attached hydrogen (secondary N) is 1. The summed E-state index contributed by atoms with van der Waals surface area (Å²) in [5, 5.41) is 3.23. The van der Waals surface area contributed by atoms with E-state index in [0.29, 0.717) is 23.6 Å². The quantitative estimate of drug-likeness (QED) is 0.243. The molecule has 2 amide bonds. The normalized spacial score (nSPS) is 12.0. The molecule has 3 aromatic rings. The van der Waals surface area contributed by atoms with Crippen molar-refractivity contribution in [3.05, 3.63) is 94.3 Å². The van der Waals surface area contributed by atoms with Crippen molar-refractivity contribution < 1.29 is 22.4 Å². The summed E-state index contributed by atoms with van der Waals surface area (Å²) in [5.74, 6) is -1.34. The van der Waals surface area contributed by atoms with E-state index < -0.39 is 34.3 Å². The first kappa shape index (κ1) is 32.1. The van der Waals surface area contributed by atoms with E-state index in [2.05, 4.69) is 5.32 Å². The molecule has 0 aliphatic rings. The number of carbonyl (C=O) groups excluding carboxylic acids is 2. The molecule has 41 heavy (non-hydrogen) atoms. The first-order valence-corrected chi connectivity index (χ1v) is 15.5. The summed E-state index contributed by atoms with van der Waals surface area (Å²) in [6, 6.07) is 15.9. The highest BCUT2D eigenvalue weighted by atomic mass is 35.5. The van der Waals surface area contributed by atoms with Crippen molar-refractivity contribution in [3.63, 3.8) is 0 Å². The van der Waals surface area contributed by atoms with Crippen LogP contribution in [0.25, 0.3) is 0 Å². The zero-order valence-corrected chi connectivity index (χ0v) is 25.4. The number of carbonyl (C=O) groups is 2. The van der Waals surface area contributed by atoms with Crippen LogP contribution < -0.4 is 9.62 Å². The van der Waals surface area contributed by atoms with E-state index >= 15 is 0 Å². The number of anilines is 1. The van der Waals surface area contributed by atoms with Crippen LogP contribution in [0.2, 0.25) is 5.02 Å². The fourth-order valence-corrected chi connectivity index (χ4v) is 5.90. The minimum atomic E-state index is -4.20. The standard InChI is InChI=1S/C31H37ClFN3O4S/c1-5-7-18-34-31(38)29(6-2)35(20-24-11-13-25(33)14-12-24)30(37)21-36(26-15-10-23(4)28(32)19-26)41(39,40)27-16-8-22(3)9-17-27/h8-17,19,29H,5-7,18,20-21H2,1-4H3,(H,34,38)/t29-/m0/s1. The Kier molecular flexibility index (Phi) is 11.3. The van der Waals surface area contributed by atoms with Gasteiger partial charge in [-0.3, -0.25) is 13.9 Å².